The summed E-state index contributed by atoms with van der Waals surface area (Å²) in [6.07, 6.45) is 3.57. The fourth-order valence-corrected chi connectivity index (χ4v) is 5.76. The number of amides is 4. The SMILES string of the molecule is COc1cc(C(N)=O)cc2nc(NC(=O)c3oc(C)nc3C)n(C/C=C/Cn3c(NC(=O)c4oc(C)nc4C)nc4cc(C(N)=O)cc(OC)c43)c12. The minimum atomic E-state index is -0.685. The molecule has 0 fully saturated rings. The lowest BCUT2D eigenvalue weighted by Gasteiger charge is -2.11. The maximum Gasteiger partial charge on any atom is 0.295 e. The number of nitrogens with one attached hydrogen (secondary N) is 2. The van der Waals surface area contributed by atoms with Crippen molar-refractivity contribution < 1.29 is 37.5 Å². The van der Waals surface area contributed by atoms with Gasteiger partial charge in [0.2, 0.25) is 35.2 Å². The van der Waals surface area contributed by atoms with Crippen molar-refractivity contribution in [2.45, 2.75) is 40.8 Å². The first kappa shape index (κ1) is 34.9. The third kappa shape index (κ3) is 6.51. The summed E-state index contributed by atoms with van der Waals surface area (Å²) < 4.78 is 25.6. The predicted molar refractivity (Wildman–Crippen MR) is 187 cm³/mol. The molecule has 18 nitrogen and oxygen atoms in total. The van der Waals surface area contributed by atoms with Crippen molar-refractivity contribution in [2.24, 2.45) is 11.5 Å². The number of ether oxygens (including phenoxy) is 2. The Morgan fingerprint density at radius 2 is 1.06 bits per heavy atom. The number of carbonyl (C=O) groups excluding carboxylic acids is 4. The van der Waals surface area contributed by atoms with Crippen LogP contribution in [0, 0.1) is 27.7 Å². The highest BCUT2D eigenvalue weighted by Crippen LogP contribution is 2.33. The van der Waals surface area contributed by atoms with Crippen molar-refractivity contribution in [2.75, 3.05) is 24.9 Å². The van der Waals surface area contributed by atoms with Gasteiger partial charge in [-0.25, -0.2) is 19.9 Å². The van der Waals surface area contributed by atoms with E-state index in [-0.39, 0.29) is 59.1 Å². The number of oxazole rings is 2. The molecule has 0 saturated heterocycles. The largest absolute Gasteiger partial charge is 0.494 e. The molecular formula is C34H34N10O8. The molecule has 0 bridgehead atoms. The third-order valence-electron chi connectivity index (χ3n) is 8.04. The fourth-order valence-electron chi connectivity index (χ4n) is 5.76. The number of primary amides is 2. The molecule has 268 valence electrons. The van der Waals surface area contributed by atoms with Gasteiger partial charge in [-0.3, -0.25) is 29.8 Å². The number of anilines is 2. The van der Waals surface area contributed by atoms with Crippen molar-refractivity contribution >= 4 is 57.6 Å². The van der Waals surface area contributed by atoms with Gasteiger partial charge in [-0.05, 0) is 38.1 Å². The van der Waals surface area contributed by atoms with Crippen LogP contribution in [0.4, 0.5) is 11.9 Å². The Bertz CT molecular complexity index is 2280. The van der Waals surface area contributed by atoms with E-state index in [1.165, 1.54) is 38.5 Å². The Labute approximate surface area is 294 Å². The van der Waals surface area contributed by atoms with Gasteiger partial charge >= 0.3 is 0 Å². The van der Waals surface area contributed by atoms with E-state index in [1.807, 2.05) is 0 Å². The number of nitrogens with zero attached hydrogens (tertiary/aromatic N) is 6. The first-order valence-electron chi connectivity index (χ1n) is 15.7. The Kier molecular flexibility index (Phi) is 9.21. The van der Waals surface area contributed by atoms with E-state index in [1.54, 1.807) is 49.0 Å². The van der Waals surface area contributed by atoms with Crippen molar-refractivity contribution in [1.82, 2.24) is 29.1 Å². The van der Waals surface area contributed by atoms with E-state index in [2.05, 4.69) is 30.6 Å². The molecule has 0 aliphatic heterocycles. The number of benzene rings is 2. The highest BCUT2D eigenvalue weighted by atomic mass is 16.5. The van der Waals surface area contributed by atoms with Gasteiger partial charge in [0.15, 0.2) is 11.8 Å². The van der Waals surface area contributed by atoms with Gasteiger partial charge in [0, 0.05) is 38.1 Å². The Morgan fingerprint density at radius 3 is 1.37 bits per heavy atom. The highest BCUT2D eigenvalue weighted by molar-refractivity contribution is 6.05. The summed E-state index contributed by atoms with van der Waals surface area (Å²) in [6, 6.07) is 5.96. The highest BCUT2D eigenvalue weighted by Gasteiger charge is 2.24. The van der Waals surface area contributed by atoms with Gasteiger partial charge in [-0.15, -0.1) is 0 Å². The first-order chi connectivity index (χ1) is 24.8. The van der Waals surface area contributed by atoms with Crippen LogP contribution in [0.1, 0.15) is 65.0 Å². The molecule has 0 atom stereocenters. The van der Waals surface area contributed by atoms with Crippen LogP contribution in [-0.2, 0) is 13.1 Å². The molecule has 0 unspecified atom stereocenters. The van der Waals surface area contributed by atoms with Crippen LogP contribution in [0.15, 0.2) is 45.3 Å². The number of fused-ring (bicyclic) bond motifs is 2. The zero-order chi connectivity index (χ0) is 37.4. The smallest absolute Gasteiger partial charge is 0.295 e. The van der Waals surface area contributed by atoms with Crippen molar-refractivity contribution in [1.29, 1.82) is 0 Å². The Morgan fingerprint density at radius 1 is 0.673 bits per heavy atom. The average molecular weight is 711 g/mol. The summed E-state index contributed by atoms with van der Waals surface area (Å²) in [4.78, 5) is 68.2. The predicted octanol–water partition coefficient (Wildman–Crippen LogP) is 3.57. The number of hydrogen-bond donors (Lipinski definition) is 4. The number of nitrogens with two attached hydrogens (primary N) is 2. The van der Waals surface area contributed by atoms with Gasteiger partial charge in [-0.1, -0.05) is 12.2 Å². The second kappa shape index (κ2) is 13.7. The van der Waals surface area contributed by atoms with Gasteiger partial charge in [0.1, 0.15) is 22.5 Å². The van der Waals surface area contributed by atoms with E-state index in [9.17, 15) is 19.2 Å². The van der Waals surface area contributed by atoms with Crippen LogP contribution in [-0.4, -0.2) is 66.9 Å². The molecule has 0 saturated carbocycles. The van der Waals surface area contributed by atoms with Crippen LogP contribution < -0.4 is 31.6 Å². The van der Waals surface area contributed by atoms with E-state index < -0.39 is 23.6 Å². The summed E-state index contributed by atoms with van der Waals surface area (Å²) in [5.74, 6) is -1.04. The molecule has 6 aromatic rings. The maximum atomic E-state index is 13.3. The lowest BCUT2D eigenvalue weighted by molar-refractivity contribution is 0.0986. The maximum absolute atomic E-state index is 13.3. The molecule has 2 aromatic carbocycles. The molecule has 52 heavy (non-hydrogen) atoms. The molecule has 0 aliphatic carbocycles. The third-order valence-corrected chi connectivity index (χ3v) is 8.04. The van der Waals surface area contributed by atoms with Crippen LogP contribution in [0.5, 0.6) is 11.5 Å². The average Bonchev–Trinajstić information content (AvgIpc) is 3.83. The number of hydrogen-bond acceptors (Lipinski definition) is 12. The molecule has 4 amide bonds. The zero-order valence-electron chi connectivity index (χ0n) is 29.0. The van der Waals surface area contributed by atoms with E-state index in [0.717, 1.165) is 0 Å². The molecule has 4 aromatic heterocycles. The fraction of sp³-hybridized carbons (Fsp3) is 0.235. The standard InChI is InChI=1S/C34H34N10O8/c1-15-27(51-17(3)37-15)31(47)41-33-39-21-11-19(29(35)45)13-23(49-5)25(21)43(33)9-7-8-10-44-26-22(12-20(30(36)46)14-24(26)50-6)40-34(44)42-32(48)28-16(2)38-18(4)52-28/h7-8,11-14H,9-10H2,1-6H3,(H2,35,45)(H2,36,46)(H,39,41,47)(H,40,42,48)/b8-7+. The van der Waals surface area contributed by atoms with Gasteiger partial charge in [0.25, 0.3) is 11.8 Å². The lowest BCUT2D eigenvalue weighted by Crippen LogP contribution is -2.17. The minimum Gasteiger partial charge on any atom is -0.494 e. The summed E-state index contributed by atoms with van der Waals surface area (Å²) in [7, 11) is 2.87. The molecule has 4 heterocycles. The first-order valence-corrected chi connectivity index (χ1v) is 15.7. The van der Waals surface area contributed by atoms with Crippen molar-refractivity contribution in [3.05, 3.63) is 82.2 Å². The second-order valence-corrected chi connectivity index (χ2v) is 11.6. The lowest BCUT2D eigenvalue weighted by atomic mass is 10.1. The zero-order valence-corrected chi connectivity index (χ0v) is 29.0. The number of methoxy groups -OCH3 is 2. The van der Waals surface area contributed by atoms with Gasteiger partial charge in [-0.2, -0.15) is 0 Å². The topological polar surface area (TPSA) is 251 Å². The normalized spacial score (nSPS) is 11.4. The molecule has 18 heteroatoms. The summed E-state index contributed by atoms with van der Waals surface area (Å²) >= 11 is 0. The molecule has 0 spiro atoms. The number of imidazole rings is 2. The molecular weight excluding hydrogens is 676 g/mol. The Balaban J connectivity index is 1.39. The number of aryl methyl sites for hydroxylation is 4. The molecule has 0 aliphatic rings. The number of rotatable bonds is 12. The van der Waals surface area contributed by atoms with Crippen LogP contribution >= 0.6 is 0 Å². The van der Waals surface area contributed by atoms with E-state index in [4.69, 9.17) is 29.8 Å². The monoisotopic (exact) mass is 710 g/mol. The van der Waals surface area contributed by atoms with Gasteiger partial charge < -0.3 is 38.9 Å². The second-order valence-electron chi connectivity index (χ2n) is 11.6. The molecule has 6 N–H and O–H groups in total. The Hall–Kier alpha value is -6.98. The van der Waals surface area contributed by atoms with Gasteiger partial charge in [0.05, 0.1) is 36.6 Å². The van der Waals surface area contributed by atoms with Crippen LogP contribution in [0.2, 0.25) is 0 Å². The van der Waals surface area contributed by atoms with Crippen LogP contribution in [0.3, 0.4) is 0 Å². The number of aromatic nitrogens is 6. The van der Waals surface area contributed by atoms with Crippen molar-refractivity contribution in [3.8, 4) is 11.5 Å². The van der Waals surface area contributed by atoms with E-state index >= 15 is 0 Å². The molecule has 0 radical (unpaired) electrons. The van der Waals surface area contributed by atoms with E-state index in [0.29, 0.717) is 45.2 Å². The van der Waals surface area contributed by atoms with Crippen LogP contribution in [0.25, 0.3) is 22.1 Å². The summed E-state index contributed by atoms with van der Waals surface area (Å²) in [6.45, 7) is 6.83. The summed E-state index contributed by atoms with van der Waals surface area (Å²) in [5, 5.41) is 5.55. The number of allylic oxidation sites excluding steroid dienone is 2. The summed E-state index contributed by atoms with van der Waals surface area (Å²) in [5.41, 5.74) is 13.8. The minimum absolute atomic E-state index is 0.0159. The quantitative estimate of drug-likeness (QED) is 0.133. The molecule has 6 rings (SSSR count). The van der Waals surface area contributed by atoms with Crippen molar-refractivity contribution in [3.63, 3.8) is 0 Å². The number of carbonyl (C=O) groups is 4.